The second-order valence-corrected chi connectivity index (χ2v) is 4.11. The third-order valence-electron chi connectivity index (χ3n) is 2.30. The second kappa shape index (κ2) is 6.93. The molecule has 18 heavy (non-hydrogen) atoms. The van der Waals surface area contributed by atoms with Crippen LogP contribution in [0, 0.1) is 10.1 Å². The van der Waals surface area contributed by atoms with Crippen molar-refractivity contribution in [1.82, 2.24) is 5.32 Å². The monoisotopic (exact) mass is 272 g/mol. The lowest BCUT2D eigenvalue weighted by atomic mass is 10.2. The van der Waals surface area contributed by atoms with Crippen LogP contribution in [0.4, 0.5) is 5.69 Å². The predicted octanol–water partition coefficient (Wildman–Crippen LogP) is 2.20. The third-order valence-corrected chi connectivity index (χ3v) is 2.67. The standard InChI is InChI=1S/C11H13ClN2O4/c12-10-4-3-9(14(17)18)6-8(10)7-13-5-1-2-11(15)16/h3-4,6,13H,1-2,5,7H2,(H,15,16). The first-order chi connectivity index (χ1) is 8.50. The molecule has 2 N–H and O–H groups in total. The van der Waals surface area contributed by atoms with Gasteiger partial charge in [0.2, 0.25) is 0 Å². The number of non-ortho nitro benzene ring substituents is 1. The number of nitrogens with one attached hydrogen (secondary N) is 1. The topological polar surface area (TPSA) is 92.5 Å². The van der Waals surface area contributed by atoms with Crippen LogP contribution in [-0.4, -0.2) is 22.5 Å². The maximum Gasteiger partial charge on any atom is 0.303 e. The van der Waals surface area contributed by atoms with Gasteiger partial charge in [-0.05, 0) is 24.6 Å². The quantitative estimate of drug-likeness (QED) is 0.451. The van der Waals surface area contributed by atoms with Crippen LogP contribution >= 0.6 is 11.6 Å². The molecule has 0 atom stereocenters. The highest BCUT2D eigenvalue weighted by Gasteiger charge is 2.09. The van der Waals surface area contributed by atoms with E-state index in [1.165, 1.54) is 18.2 Å². The molecule has 0 heterocycles. The summed E-state index contributed by atoms with van der Waals surface area (Å²) in [5, 5.41) is 22.5. The molecule has 98 valence electrons. The molecule has 0 aliphatic heterocycles. The van der Waals surface area contributed by atoms with E-state index in [4.69, 9.17) is 16.7 Å². The van der Waals surface area contributed by atoms with E-state index in [0.29, 0.717) is 30.1 Å². The zero-order valence-corrected chi connectivity index (χ0v) is 10.3. The summed E-state index contributed by atoms with van der Waals surface area (Å²) in [5.74, 6) is -0.842. The van der Waals surface area contributed by atoms with Gasteiger partial charge in [-0.1, -0.05) is 11.6 Å². The van der Waals surface area contributed by atoms with E-state index >= 15 is 0 Å². The van der Waals surface area contributed by atoms with Crippen molar-refractivity contribution in [2.24, 2.45) is 0 Å². The Morgan fingerprint density at radius 3 is 2.83 bits per heavy atom. The minimum absolute atomic E-state index is 0.0123. The van der Waals surface area contributed by atoms with Crippen molar-refractivity contribution in [3.8, 4) is 0 Å². The molecular formula is C11H13ClN2O4. The van der Waals surface area contributed by atoms with E-state index in [0.717, 1.165) is 0 Å². The molecule has 0 radical (unpaired) electrons. The van der Waals surface area contributed by atoms with Gasteiger partial charge in [-0.15, -0.1) is 0 Å². The van der Waals surface area contributed by atoms with Crippen LogP contribution in [0.1, 0.15) is 18.4 Å². The number of carbonyl (C=O) groups is 1. The summed E-state index contributed by atoms with van der Waals surface area (Å²) < 4.78 is 0. The number of benzene rings is 1. The highest BCUT2D eigenvalue weighted by molar-refractivity contribution is 6.31. The molecule has 0 saturated heterocycles. The number of hydrogen-bond donors (Lipinski definition) is 2. The summed E-state index contributed by atoms with van der Waals surface area (Å²) in [6.07, 6.45) is 0.595. The first kappa shape index (κ1) is 14.4. The Morgan fingerprint density at radius 1 is 1.50 bits per heavy atom. The van der Waals surface area contributed by atoms with Gasteiger partial charge in [-0.2, -0.15) is 0 Å². The highest BCUT2D eigenvalue weighted by atomic mass is 35.5. The minimum atomic E-state index is -0.842. The van der Waals surface area contributed by atoms with Crippen molar-refractivity contribution in [3.63, 3.8) is 0 Å². The molecule has 1 aromatic rings. The summed E-state index contributed by atoms with van der Waals surface area (Å²) in [6.45, 7) is 0.894. The summed E-state index contributed by atoms with van der Waals surface area (Å²) in [5.41, 5.74) is 0.614. The number of carboxylic acids is 1. The van der Waals surface area contributed by atoms with Crippen molar-refractivity contribution in [2.45, 2.75) is 19.4 Å². The van der Waals surface area contributed by atoms with Gasteiger partial charge in [0, 0.05) is 30.1 Å². The normalized spacial score (nSPS) is 10.3. The number of nitrogens with zero attached hydrogens (tertiary/aromatic N) is 1. The maximum atomic E-state index is 10.6. The molecule has 0 aliphatic rings. The number of halogens is 1. The van der Waals surface area contributed by atoms with Gasteiger partial charge in [-0.3, -0.25) is 14.9 Å². The van der Waals surface area contributed by atoms with Crippen LogP contribution in [-0.2, 0) is 11.3 Å². The van der Waals surface area contributed by atoms with Crippen LogP contribution in [0.5, 0.6) is 0 Å². The summed E-state index contributed by atoms with van der Waals surface area (Å²) in [6, 6.07) is 4.23. The molecule has 1 rings (SSSR count). The molecule has 0 spiro atoms. The fourth-order valence-corrected chi connectivity index (χ4v) is 1.58. The number of rotatable bonds is 7. The number of carboxylic acid groups (broad SMARTS) is 1. The largest absolute Gasteiger partial charge is 0.481 e. The van der Waals surface area contributed by atoms with Crippen molar-refractivity contribution in [3.05, 3.63) is 38.9 Å². The van der Waals surface area contributed by atoms with E-state index < -0.39 is 10.9 Å². The lowest BCUT2D eigenvalue weighted by Crippen LogP contribution is -2.16. The molecule has 6 nitrogen and oxygen atoms in total. The summed E-state index contributed by atoms with van der Waals surface area (Å²) in [7, 11) is 0. The van der Waals surface area contributed by atoms with E-state index in [9.17, 15) is 14.9 Å². The molecule has 0 aliphatic carbocycles. The number of nitro groups is 1. The minimum Gasteiger partial charge on any atom is -0.481 e. The van der Waals surface area contributed by atoms with Crippen molar-refractivity contribution in [1.29, 1.82) is 0 Å². The lowest BCUT2D eigenvalue weighted by Gasteiger charge is -2.06. The summed E-state index contributed by atoms with van der Waals surface area (Å²) in [4.78, 5) is 20.4. The highest BCUT2D eigenvalue weighted by Crippen LogP contribution is 2.21. The molecule has 0 fully saturated rings. The fourth-order valence-electron chi connectivity index (χ4n) is 1.40. The van der Waals surface area contributed by atoms with Gasteiger partial charge in [0.15, 0.2) is 0 Å². The van der Waals surface area contributed by atoms with Crippen molar-refractivity contribution < 1.29 is 14.8 Å². The molecule has 1 aromatic carbocycles. The van der Waals surface area contributed by atoms with Crippen LogP contribution in [0.25, 0.3) is 0 Å². The second-order valence-electron chi connectivity index (χ2n) is 3.71. The van der Waals surface area contributed by atoms with E-state index in [1.807, 2.05) is 0 Å². The van der Waals surface area contributed by atoms with Crippen molar-refractivity contribution in [2.75, 3.05) is 6.54 Å². The van der Waals surface area contributed by atoms with Gasteiger partial charge in [-0.25, -0.2) is 0 Å². The third kappa shape index (κ3) is 4.68. The molecular weight excluding hydrogens is 260 g/mol. The van der Waals surface area contributed by atoms with Gasteiger partial charge >= 0.3 is 5.97 Å². The Bertz CT molecular complexity index is 451. The maximum absolute atomic E-state index is 10.6. The fraction of sp³-hybridized carbons (Fsp3) is 0.364. The number of hydrogen-bond acceptors (Lipinski definition) is 4. The predicted molar refractivity (Wildman–Crippen MR) is 66.7 cm³/mol. The molecule has 0 bridgehead atoms. The number of aliphatic carboxylic acids is 1. The average Bonchev–Trinajstić information content (AvgIpc) is 2.30. The zero-order valence-electron chi connectivity index (χ0n) is 9.56. The lowest BCUT2D eigenvalue weighted by molar-refractivity contribution is -0.384. The Hall–Kier alpha value is -1.66. The van der Waals surface area contributed by atoms with Crippen molar-refractivity contribution >= 4 is 23.3 Å². The molecule has 0 aromatic heterocycles. The van der Waals surface area contributed by atoms with Gasteiger partial charge in [0.25, 0.3) is 5.69 Å². The van der Waals surface area contributed by atoms with E-state index in [2.05, 4.69) is 5.32 Å². The molecule has 7 heteroatoms. The molecule has 0 amide bonds. The first-order valence-electron chi connectivity index (χ1n) is 5.36. The molecule has 0 unspecified atom stereocenters. The average molecular weight is 273 g/mol. The van der Waals surface area contributed by atoms with Gasteiger partial charge in [0.05, 0.1) is 4.92 Å². The Labute approximate surface area is 109 Å². The smallest absolute Gasteiger partial charge is 0.303 e. The van der Waals surface area contributed by atoms with Crippen LogP contribution < -0.4 is 5.32 Å². The van der Waals surface area contributed by atoms with E-state index in [-0.39, 0.29) is 12.1 Å². The summed E-state index contributed by atoms with van der Waals surface area (Å²) >= 11 is 5.91. The Balaban J connectivity index is 2.48. The number of nitro benzene ring substituents is 1. The van der Waals surface area contributed by atoms with E-state index in [1.54, 1.807) is 0 Å². The van der Waals surface area contributed by atoms with Crippen LogP contribution in [0.3, 0.4) is 0 Å². The van der Waals surface area contributed by atoms with Crippen LogP contribution in [0.2, 0.25) is 5.02 Å². The van der Waals surface area contributed by atoms with Gasteiger partial charge in [0.1, 0.15) is 0 Å². The van der Waals surface area contributed by atoms with Crippen LogP contribution in [0.15, 0.2) is 18.2 Å². The Morgan fingerprint density at radius 2 is 2.22 bits per heavy atom. The Kier molecular flexibility index (Phi) is 5.54. The SMILES string of the molecule is O=C(O)CCCNCc1cc([N+](=O)[O-])ccc1Cl. The zero-order chi connectivity index (χ0) is 13.5. The van der Waals surface area contributed by atoms with Gasteiger partial charge < -0.3 is 10.4 Å². The molecule has 0 saturated carbocycles. The first-order valence-corrected chi connectivity index (χ1v) is 5.74.